The summed E-state index contributed by atoms with van der Waals surface area (Å²) in [4.78, 5) is 0. The van der Waals surface area contributed by atoms with Gasteiger partial charge in [-0.15, -0.1) is 0 Å². The Bertz CT molecular complexity index is 95.0. The van der Waals surface area contributed by atoms with Gasteiger partial charge >= 0.3 is 0 Å². The lowest BCUT2D eigenvalue weighted by Gasteiger charge is -2.28. The van der Waals surface area contributed by atoms with Crippen LogP contribution in [0, 0.1) is 0 Å². The molecule has 0 radical (unpaired) electrons. The molecule has 4 nitrogen and oxygen atoms in total. The SMILES string of the molecule is C[C@@H]1CO[C@@H](O)[C@@H](O)O1. The highest BCUT2D eigenvalue weighted by molar-refractivity contribution is 4.58. The van der Waals surface area contributed by atoms with E-state index in [2.05, 4.69) is 4.74 Å². The highest BCUT2D eigenvalue weighted by Crippen LogP contribution is 2.09. The fourth-order valence-corrected chi connectivity index (χ4v) is 0.661. The van der Waals surface area contributed by atoms with Crippen molar-refractivity contribution < 1.29 is 19.7 Å². The van der Waals surface area contributed by atoms with Crippen molar-refractivity contribution in [3.63, 3.8) is 0 Å². The molecule has 0 bridgehead atoms. The van der Waals surface area contributed by atoms with Crippen LogP contribution in [0.2, 0.25) is 0 Å². The van der Waals surface area contributed by atoms with Crippen molar-refractivity contribution in [2.45, 2.75) is 25.6 Å². The molecule has 0 aromatic rings. The number of hydrogen-bond donors (Lipinski definition) is 2. The molecule has 9 heavy (non-hydrogen) atoms. The fourth-order valence-electron chi connectivity index (χ4n) is 0.661. The second-order valence-electron chi connectivity index (χ2n) is 2.06. The predicted molar refractivity (Wildman–Crippen MR) is 28.5 cm³/mol. The van der Waals surface area contributed by atoms with Crippen LogP contribution in [-0.4, -0.2) is 35.5 Å². The number of ether oxygens (including phenoxy) is 2. The number of aliphatic hydroxyl groups is 2. The second kappa shape index (κ2) is 2.62. The van der Waals surface area contributed by atoms with Crippen LogP contribution in [0.25, 0.3) is 0 Å². The Kier molecular flexibility index (Phi) is 2.02. The van der Waals surface area contributed by atoms with Gasteiger partial charge in [-0.3, -0.25) is 0 Å². The van der Waals surface area contributed by atoms with Crippen LogP contribution in [0.5, 0.6) is 0 Å². The van der Waals surface area contributed by atoms with Gasteiger partial charge in [-0.1, -0.05) is 0 Å². The molecular weight excluding hydrogens is 124 g/mol. The number of aliphatic hydroxyl groups excluding tert-OH is 2. The molecule has 0 aromatic heterocycles. The molecule has 0 aromatic carbocycles. The van der Waals surface area contributed by atoms with Crippen LogP contribution in [-0.2, 0) is 9.47 Å². The Morgan fingerprint density at radius 1 is 1.33 bits per heavy atom. The zero-order chi connectivity index (χ0) is 6.85. The lowest BCUT2D eigenvalue weighted by molar-refractivity contribution is -0.311. The average Bonchev–Trinajstić information content (AvgIpc) is 1.80. The summed E-state index contributed by atoms with van der Waals surface area (Å²) in [6.45, 7) is 2.09. The Morgan fingerprint density at radius 2 is 2.00 bits per heavy atom. The number of hydrogen-bond acceptors (Lipinski definition) is 4. The molecule has 1 aliphatic heterocycles. The maximum absolute atomic E-state index is 8.75. The van der Waals surface area contributed by atoms with E-state index in [0.717, 1.165) is 0 Å². The summed E-state index contributed by atoms with van der Waals surface area (Å²) in [5, 5.41) is 17.4. The van der Waals surface area contributed by atoms with Gasteiger partial charge in [0.25, 0.3) is 0 Å². The molecule has 0 saturated carbocycles. The van der Waals surface area contributed by atoms with Gasteiger partial charge in [-0.05, 0) is 6.92 Å². The van der Waals surface area contributed by atoms with Gasteiger partial charge in [-0.2, -0.15) is 0 Å². The van der Waals surface area contributed by atoms with Crippen molar-refractivity contribution in [3.05, 3.63) is 0 Å². The number of rotatable bonds is 0. The lowest BCUT2D eigenvalue weighted by atomic mass is 10.4. The average molecular weight is 134 g/mol. The maximum atomic E-state index is 8.75. The normalized spacial score (nSPS) is 45.0. The monoisotopic (exact) mass is 134 g/mol. The minimum atomic E-state index is -1.19. The van der Waals surface area contributed by atoms with Crippen LogP contribution in [0.15, 0.2) is 0 Å². The summed E-state index contributed by atoms with van der Waals surface area (Å²) < 4.78 is 9.46. The third kappa shape index (κ3) is 1.62. The summed E-state index contributed by atoms with van der Waals surface area (Å²) in [6.07, 6.45) is -2.50. The van der Waals surface area contributed by atoms with Gasteiger partial charge in [0.15, 0.2) is 0 Å². The molecule has 0 unspecified atom stereocenters. The van der Waals surface area contributed by atoms with E-state index in [9.17, 15) is 0 Å². The third-order valence-corrected chi connectivity index (χ3v) is 1.12. The zero-order valence-electron chi connectivity index (χ0n) is 5.15. The summed E-state index contributed by atoms with van der Waals surface area (Å²) in [6, 6.07) is 0. The molecular formula is C5H10O4. The molecule has 0 spiro atoms. The Balaban J connectivity index is 2.35. The molecule has 3 atom stereocenters. The Hall–Kier alpha value is -0.160. The van der Waals surface area contributed by atoms with E-state index in [0.29, 0.717) is 6.61 Å². The standard InChI is InChI=1S/C5H10O4/c1-3-2-8-4(6)5(7)9-3/h3-7H,2H2,1H3/t3-,4-,5+/m1/s1. The first-order valence-corrected chi connectivity index (χ1v) is 2.83. The quantitative estimate of drug-likeness (QED) is 0.449. The minimum Gasteiger partial charge on any atom is -0.364 e. The first-order chi connectivity index (χ1) is 4.20. The first-order valence-electron chi connectivity index (χ1n) is 2.83. The summed E-state index contributed by atoms with van der Waals surface area (Å²) in [7, 11) is 0. The largest absolute Gasteiger partial charge is 0.364 e. The van der Waals surface area contributed by atoms with E-state index in [1.165, 1.54) is 0 Å². The summed E-state index contributed by atoms with van der Waals surface area (Å²) in [5.74, 6) is 0. The van der Waals surface area contributed by atoms with E-state index < -0.39 is 12.6 Å². The van der Waals surface area contributed by atoms with Crippen molar-refractivity contribution in [2.24, 2.45) is 0 Å². The van der Waals surface area contributed by atoms with E-state index in [4.69, 9.17) is 14.9 Å². The van der Waals surface area contributed by atoms with Crippen LogP contribution in [0.1, 0.15) is 6.92 Å². The van der Waals surface area contributed by atoms with Crippen molar-refractivity contribution >= 4 is 0 Å². The molecule has 0 amide bonds. The fraction of sp³-hybridized carbons (Fsp3) is 1.00. The van der Waals surface area contributed by atoms with Gasteiger partial charge in [0.05, 0.1) is 12.7 Å². The first kappa shape index (κ1) is 6.95. The van der Waals surface area contributed by atoms with Crippen molar-refractivity contribution in [1.29, 1.82) is 0 Å². The van der Waals surface area contributed by atoms with Crippen LogP contribution in [0.3, 0.4) is 0 Å². The maximum Gasteiger partial charge on any atom is 0.207 e. The molecule has 54 valence electrons. The van der Waals surface area contributed by atoms with Gasteiger partial charge in [0.1, 0.15) is 0 Å². The molecule has 1 rings (SSSR count). The van der Waals surface area contributed by atoms with Gasteiger partial charge in [-0.25, -0.2) is 0 Å². The minimum absolute atomic E-state index is 0.136. The van der Waals surface area contributed by atoms with Crippen molar-refractivity contribution in [3.8, 4) is 0 Å². The summed E-state index contributed by atoms with van der Waals surface area (Å²) >= 11 is 0. The Morgan fingerprint density at radius 3 is 2.44 bits per heavy atom. The molecule has 1 fully saturated rings. The highest BCUT2D eigenvalue weighted by atomic mass is 16.7. The van der Waals surface area contributed by atoms with E-state index in [1.807, 2.05) is 0 Å². The molecule has 2 N–H and O–H groups in total. The van der Waals surface area contributed by atoms with Crippen LogP contribution >= 0.6 is 0 Å². The molecule has 1 aliphatic rings. The van der Waals surface area contributed by atoms with Gasteiger partial charge in [0, 0.05) is 0 Å². The zero-order valence-corrected chi connectivity index (χ0v) is 5.15. The molecule has 1 saturated heterocycles. The van der Waals surface area contributed by atoms with Gasteiger partial charge in [0.2, 0.25) is 12.6 Å². The molecule has 1 heterocycles. The van der Waals surface area contributed by atoms with E-state index in [-0.39, 0.29) is 6.10 Å². The Labute approximate surface area is 53.0 Å². The smallest absolute Gasteiger partial charge is 0.207 e. The molecule has 0 aliphatic carbocycles. The molecule has 4 heteroatoms. The second-order valence-corrected chi connectivity index (χ2v) is 2.06. The third-order valence-electron chi connectivity index (χ3n) is 1.12. The topological polar surface area (TPSA) is 58.9 Å². The van der Waals surface area contributed by atoms with Gasteiger partial charge < -0.3 is 19.7 Å². The highest BCUT2D eigenvalue weighted by Gasteiger charge is 2.25. The van der Waals surface area contributed by atoms with Crippen molar-refractivity contribution in [1.82, 2.24) is 0 Å². The van der Waals surface area contributed by atoms with Crippen LogP contribution in [0.4, 0.5) is 0 Å². The lowest BCUT2D eigenvalue weighted by Crippen LogP contribution is -2.42. The van der Waals surface area contributed by atoms with E-state index >= 15 is 0 Å². The predicted octanol–water partition coefficient (Wildman–Crippen LogP) is -0.942. The summed E-state index contributed by atoms with van der Waals surface area (Å²) in [5.41, 5.74) is 0. The van der Waals surface area contributed by atoms with Crippen molar-refractivity contribution in [2.75, 3.05) is 6.61 Å². The van der Waals surface area contributed by atoms with E-state index in [1.54, 1.807) is 6.92 Å². The van der Waals surface area contributed by atoms with Crippen LogP contribution < -0.4 is 0 Å².